The number of nitrogens with one attached hydrogen (secondary N) is 1. The van der Waals surface area contributed by atoms with E-state index in [0.717, 1.165) is 31.6 Å². The number of ether oxygens (including phenoxy) is 1. The average molecular weight is 209 g/mol. The topological polar surface area (TPSA) is 21.3 Å². The first-order valence-corrected chi connectivity index (χ1v) is 5.42. The number of benzene rings is 1. The molecule has 0 saturated carbocycles. The fraction of sp³-hybridized carbons (Fsp3) is 0.500. The molecule has 0 aromatic heterocycles. The van der Waals surface area contributed by atoms with Crippen molar-refractivity contribution in [2.75, 3.05) is 13.2 Å². The summed E-state index contributed by atoms with van der Waals surface area (Å²) >= 11 is 0. The SMILES string of the molecule is Fc1ccccc1CNC[C@@H]1CCCO1. The van der Waals surface area contributed by atoms with Crippen LogP contribution in [-0.2, 0) is 11.3 Å². The van der Waals surface area contributed by atoms with Gasteiger partial charge in [-0.2, -0.15) is 0 Å². The summed E-state index contributed by atoms with van der Waals surface area (Å²) in [5.41, 5.74) is 0.718. The van der Waals surface area contributed by atoms with Crippen molar-refractivity contribution in [1.29, 1.82) is 0 Å². The van der Waals surface area contributed by atoms with Crippen LogP contribution in [0.25, 0.3) is 0 Å². The van der Waals surface area contributed by atoms with Crippen LogP contribution in [0, 0.1) is 5.82 Å². The van der Waals surface area contributed by atoms with Crippen molar-refractivity contribution in [3.63, 3.8) is 0 Å². The first kappa shape index (κ1) is 10.6. The molecule has 0 radical (unpaired) electrons. The molecule has 1 saturated heterocycles. The number of halogens is 1. The highest BCUT2D eigenvalue weighted by Crippen LogP contribution is 2.11. The second kappa shape index (κ2) is 5.24. The summed E-state index contributed by atoms with van der Waals surface area (Å²) in [6.45, 7) is 2.26. The zero-order chi connectivity index (χ0) is 10.5. The molecule has 0 unspecified atom stereocenters. The van der Waals surface area contributed by atoms with Crippen LogP contribution in [0.1, 0.15) is 18.4 Å². The summed E-state index contributed by atoms with van der Waals surface area (Å²) in [6, 6.07) is 6.85. The maximum absolute atomic E-state index is 13.2. The average Bonchev–Trinajstić information content (AvgIpc) is 2.74. The van der Waals surface area contributed by atoms with E-state index in [4.69, 9.17) is 4.74 Å². The molecule has 1 aromatic carbocycles. The Morgan fingerprint density at radius 2 is 2.27 bits per heavy atom. The zero-order valence-electron chi connectivity index (χ0n) is 8.71. The monoisotopic (exact) mass is 209 g/mol. The minimum absolute atomic E-state index is 0.141. The van der Waals surface area contributed by atoms with Crippen molar-refractivity contribution < 1.29 is 9.13 Å². The standard InChI is InChI=1S/C12H16FNO/c13-12-6-2-1-4-10(12)8-14-9-11-5-3-7-15-11/h1-2,4,6,11,14H,3,5,7-9H2/t11-/m0/s1. The van der Waals surface area contributed by atoms with Gasteiger partial charge in [0.1, 0.15) is 5.82 Å². The lowest BCUT2D eigenvalue weighted by Crippen LogP contribution is -2.26. The smallest absolute Gasteiger partial charge is 0.127 e. The Hall–Kier alpha value is -0.930. The van der Waals surface area contributed by atoms with Gasteiger partial charge in [-0.25, -0.2) is 4.39 Å². The second-order valence-corrected chi connectivity index (χ2v) is 3.86. The summed E-state index contributed by atoms with van der Waals surface area (Å²) in [5, 5.41) is 3.22. The molecule has 1 aromatic rings. The molecular formula is C12H16FNO. The Morgan fingerprint density at radius 1 is 1.40 bits per heavy atom. The van der Waals surface area contributed by atoms with Crippen LogP contribution in [0.15, 0.2) is 24.3 Å². The highest BCUT2D eigenvalue weighted by molar-refractivity contribution is 5.16. The summed E-state index contributed by atoms with van der Waals surface area (Å²) in [6.07, 6.45) is 2.58. The first-order valence-electron chi connectivity index (χ1n) is 5.42. The molecule has 0 bridgehead atoms. The zero-order valence-corrected chi connectivity index (χ0v) is 8.71. The maximum atomic E-state index is 13.2. The molecule has 1 fully saturated rings. The maximum Gasteiger partial charge on any atom is 0.127 e. The minimum Gasteiger partial charge on any atom is -0.377 e. The van der Waals surface area contributed by atoms with E-state index in [1.54, 1.807) is 12.1 Å². The van der Waals surface area contributed by atoms with E-state index in [-0.39, 0.29) is 5.82 Å². The van der Waals surface area contributed by atoms with Gasteiger partial charge in [-0.3, -0.25) is 0 Å². The Labute approximate surface area is 89.4 Å². The molecule has 1 heterocycles. The van der Waals surface area contributed by atoms with Crippen molar-refractivity contribution in [1.82, 2.24) is 5.32 Å². The lowest BCUT2D eigenvalue weighted by Gasteiger charge is -2.10. The van der Waals surface area contributed by atoms with E-state index in [9.17, 15) is 4.39 Å². The summed E-state index contributed by atoms with van der Waals surface area (Å²) in [5.74, 6) is -0.141. The van der Waals surface area contributed by atoms with Gasteiger partial charge in [-0.15, -0.1) is 0 Å². The Kier molecular flexibility index (Phi) is 3.69. The van der Waals surface area contributed by atoms with Gasteiger partial charge in [0.15, 0.2) is 0 Å². The van der Waals surface area contributed by atoms with E-state index in [1.165, 1.54) is 6.07 Å². The molecule has 1 atom stereocenters. The number of hydrogen-bond donors (Lipinski definition) is 1. The van der Waals surface area contributed by atoms with Gasteiger partial charge in [0, 0.05) is 25.3 Å². The number of hydrogen-bond acceptors (Lipinski definition) is 2. The lowest BCUT2D eigenvalue weighted by molar-refractivity contribution is 0.110. The van der Waals surface area contributed by atoms with Crippen LogP contribution >= 0.6 is 0 Å². The molecule has 1 aliphatic heterocycles. The minimum atomic E-state index is -0.141. The fourth-order valence-corrected chi connectivity index (χ4v) is 1.81. The van der Waals surface area contributed by atoms with Crippen molar-refractivity contribution in [2.24, 2.45) is 0 Å². The van der Waals surface area contributed by atoms with E-state index in [1.807, 2.05) is 6.07 Å². The molecule has 0 spiro atoms. The van der Waals surface area contributed by atoms with Crippen LogP contribution in [0.4, 0.5) is 4.39 Å². The third-order valence-electron chi connectivity index (χ3n) is 2.67. The second-order valence-electron chi connectivity index (χ2n) is 3.86. The molecule has 1 aliphatic rings. The van der Waals surface area contributed by atoms with Crippen LogP contribution in [0.3, 0.4) is 0 Å². The highest BCUT2D eigenvalue weighted by atomic mass is 19.1. The quantitative estimate of drug-likeness (QED) is 0.820. The van der Waals surface area contributed by atoms with Crippen molar-refractivity contribution in [2.45, 2.75) is 25.5 Å². The van der Waals surface area contributed by atoms with Gasteiger partial charge < -0.3 is 10.1 Å². The predicted octanol–water partition coefficient (Wildman–Crippen LogP) is 2.09. The summed E-state index contributed by atoms with van der Waals surface area (Å²) in [4.78, 5) is 0. The largest absolute Gasteiger partial charge is 0.377 e. The van der Waals surface area contributed by atoms with Crippen LogP contribution in [0.2, 0.25) is 0 Å². The van der Waals surface area contributed by atoms with Gasteiger partial charge in [-0.1, -0.05) is 18.2 Å². The van der Waals surface area contributed by atoms with E-state index >= 15 is 0 Å². The first-order chi connectivity index (χ1) is 7.36. The molecular weight excluding hydrogens is 193 g/mol. The third kappa shape index (κ3) is 3.01. The molecule has 15 heavy (non-hydrogen) atoms. The molecule has 2 nitrogen and oxygen atoms in total. The van der Waals surface area contributed by atoms with Crippen LogP contribution < -0.4 is 5.32 Å². The Balaban J connectivity index is 1.75. The summed E-state index contributed by atoms with van der Waals surface area (Å²) in [7, 11) is 0. The van der Waals surface area contributed by atoms with Crippen molar-refractivity contribution in [3.8, 4) is 0 Å². The van der Waals surface area contributed by atoms with Crippen LogP contribution in [0.5, 0.6) is 0 Å². The molecule has 82 valence electrons. The van der Waals surface area contributed by atoms with Gasteiger partial charge in [-0.05, 0) is 18.9 Å². The lowest BCUT2D eigenvalue weighted by atomic mass is 10.2. The molecule has 0 aliphatic carbocycles. The van der Waals surface area contributed by atoms with Crippen molar-refractivity contribution >= 4 is 0 Å². The number of rotatable bonds is 4. The summed E-state index contributed by atoms with van der Waals surface area (Å²) < 4.78 is 18.7. The van der Waals surface area contributed by atoms with Crippen molar-refractivity contribution in [3.05, 3.63) is 35.6 Å². The predicted molar refractivity (Wildman–Crippen MR) is 57.1 cm³/mol. The molecule has 0 amide bonds. The van der Waals surface area contributed by atoms with Gasteiger partial charge >= 0.3 is 0 Å². The van der Waals surface area contributed by atoms with Gasteiger partial charge in [0.05, 0.1) is 6.10 Å². The highest BCUT2D eigenvalue weighted by Gasteiger charge is 2.14. The Morgan fingerprint density at radius 3 is 3.00 bits per heavy atom. The fourth-order valence-electron chi connectivity index (χ4n) is 1.81. The Bertz CT molecular complexity index is 310. The van der Waals surface area contributed by atoms with E-state index in [0.29, 0.717) is 12.6 Å². The van der Waals surface area contributed by atoms with Gasteiger partial charge in [0.25, 0.3) is 0 Å². The van der Waals surface area contributed by atoms with E-state index < -0.39 is 0 Å². The normalized spacial score (nSPS) is 20.7. The third-order valence-corrected chi connectivity index (χ3v) is 2.67. The van der Waals surface area contributed by atoms with Crippen LogP contribution in [-0.4, -0.2) is 19.3 Å². The molecule has 1 N–H and O–H groups in total. The molecule has 2 rings (SSSR count). The van der Waals surface area contributed by atoms with E-state index in [2.05, 4.69) is 5.32 Å². The molecule has 3 heteroatoms. The van der Waals surface area contributed by atoms with Gasteiger partial charge in [0.2, 0.25) is 0 Å².